The molecule has 0 saturated heterocycles. The van der Waals surface area contributed by atoms with E-state index < -0.39 is 22.1 Å². The minimum absolute atomic E-state index is 0.169. The van der Waals surface area contributed by atoms with E-state index in [4.69, 9.17) is 43.3 Å². The maximum atomic E-state index is 10.6. The van der Waals surface area contributed by atoms with E-state index in [0.717, 1.165) is 32.1 Å². The van der Waals surface area contributed by atoms with Crippen LogP contribution in [0.3, 0.4) is 0 Å². The summed E-state index contributed by atoms with van der Waals surface area (Å²) in [5, 5.41) is 39.8. The van der Waals surface area contributed by atoms with Gasteiger partial charge < -0.3 is 30.3 Å². The Morgan fingerprint density at radius 3 is 1.69 bits per heavy atom. The number of esters is 1. The molecule has 0 fully saturated rings. The molecule has 0 aromatic heterocycles. The third-order valence-electron chi connectivity index (χ3n) is 2.32. The van der Waals surface area contributed by atoms with Crippen molar-refractivity contribution in [1.82, 2.24) is 0 Å². The Morgan fingerprint density at radius 1 is 0.962 bits per heavy atom. The highest BCUT2D eigenvalue weighted by atomic mass is 35.5. The number of phenolic OH excluding ortho intramolecular Hbond substituents is 2. The zero-order valence-electron chi connectivity index (χ0n) is 13.8. The van der Waals surface area contributed by atoms with Crippen LogP contribution in [-0.4, -0.2) is 47.6 Å². The molecule has 2 rings (SSSR count). The van der Waals surface area contributed by atoms with Gasteiger partial charge in [0.25, 0.3) is 5.97 Å². The summed E-state index contributed by atoms with van der Waals surface area (Å²) in [6, 6.07) is 5.70. The number of ether oxygens (including phenoxy) is 1. The molecule has 0 spiro atoms. The second-order valence-corrected chi connectivity index (χ2v) is 6.05. The standard InChI is InChI=1S/C8H8Cl2O4.C6H6O2.C2H4O2/c1-5(11)14-6-4-7(9,12)2-3-8(6,10)13;7-5-1-2-6(8)4-3-5;1-2(3)4/h2-4,12-13H,1H3;1-4,7-8H;1H3,(H,3,4). The van der Waals surface area contributed by atoms with Gasteiger partial charge in [0.2, 0.25) is 5.06 Å². The average molecular weight is 409 g/mol. The summed E-state index contributed by atoms with van der Waals surface area (Å²) >= 11 is 11.1. The Balaban J connectivity index is 0.000000437. The van der Waals surface area contributed by atoms with E-state index >= 15 is 0 Å². The van der Waals surface area contributed by atoms with E-state index in [1.54, 1.807) is 0 Å². The Labute approximate surface area is 159 Å². The van der Waals surface area contributed by atoms with Crippen LogP contribution in [-0.2, 0) is 14.3 Å². The zero-order valence-corrected chi connectivity index (χ0v) is 15.3. The topological polar surface area (TPSA) is 145 Å². The largest absolute Gasteiger partial charge is 0.508 e. The van der Waals surface area contributed by atoms with Crippen LogP contribution < -0.4 is 0 Å². The maximum absolute atomic E-state index is 10.6. The molecule has 5 N–H and O–H groups in total. The smallest absolute Gasteiger partial charge is 0.307 e. The molecule has 0 amide bonds. The van der Waals surface area contributed by atoms with Crippen molar-refractivity contribution >= 4 is 35.1 Å². The lowest BCUT2D eigenvalue weighted by Crippen LogP contribution is -2.32. The molecular formula is C16H18Cl2O8. The lowest BCUT2D eigenvalue weighted by molar-refractivity contribution is -0.139. The van der Waals surface area contributed by atoms with Gasteiger partial charge in [-0.25, -0.2) is 0 Å². The first-order chi connectivity index (χ1) is 11.7. The molecule has 144 valence electrons. The minimum Gasteiger partial charge on any atom is -0.508 e. The van der Waals surface area contributed by atoms with Crippen LogP contribution in [0.25, 0.3) is 0 Å². The van der Waals surface area contributed by atoms with Crippen molar-refractivity contribution in [3.05, 3.63) is 48.3 Å². The summed E-state index contributed by atoms with van der Waals surface area (Å²) in [5.74, 6) is -1.48. The molecule has 26 heavy (non-hydrogen) atoms. The first-order valence-corrected chi connectivity index (χ1v) is 7.63. The molecule has 1 aromatic rings. The van der Waals surface area contributed by atoms with Gasteiger partial charge in [0.1, 0.15) is 11.5 Å². The number of carboxylic acids is 1. The molecule has 0 bridgehead atoms. The van der Waals surface area contributed by atoms with Crippen molar-refractivity contribution in [2.45, 2.75) is 24.0 Å². The summed E-state index contributed by atoms with van der Waals surface area (Å²) in [5.41, 5.74) is 0. The Bertz CT molecular complexity index is 653. The summed E-state index contributed by atoms with van der Waals surface area (Å²) in [6.45, 7) is 2.22. The van der Waals surface area contributed by atoms with Gasteiger partial charge in [0.15, 0.2) is 10.8 Å². The normalized spacial score (nSPS) is 23.4. The molecule has 0 heterocycles. The van der Waals surface area contributed by atoms with E-state index in [1.807, 2.05) is 0 Å². The highest BCUT2D eigenvalue weighted by Gasteiger charge is 2.37. The summed E-state index contributed by atoms with van der Waals surface area (Å²) in [4.78, 5) is 19.6. The molecule has 1 aromatic carbocycles. The van der Waals surface area contributed by atoms with Crippen molar-refractivity contribution in [3.63, 3.8) is 0 Å². The molecule has 0 aliphatic heterocycles. The van der Waals surface area contributed by atoms with Crippen LogP contribution in [0.4, 0.5) is 0 Å². The fourth-order valence-electron chi connectivity index (χ4n) is 1.35. The lowest BCUT2D eigenvalue weighted by Gasteiger charge is -2.26. The SMILES string of the molecule is CC(=O)O.CC(=O)OC1=CC(O)(Cl)C=CC1(O)Cl.Oc1ccc(O)cc1. The second-order valence-electron chi connectivity index (χ2n) is 4.87. The number of hydrogen-bond acceptors (Lipinski definition) is 7. The number of rotatable bonds is 1. The Hall–Kier alpha value is -2.26. The highest BCUT2D eigenvalue weighted by Crippen LogP contribution is 2.34. The van der Waals surface area contributed by atoms with Crippen molar-refractivity contribution in [3.8, 4) is 11.5 Å². The van der Waals surface area contributed by atoms with Crippen LogP contribution in [0.1, 0.15) is 13.8 Å². The molecule has 8 nitrogen and oxygen atoms in total. The Morgan fingerprint density at radius 2 is 1.35 bits per heavy atom. The van der Waals surface area contributed by atoms with E-state index in [-0.39, 0.29) is 17.3 Å². The zero-order chi connectivity index (χ0) is 20.5. The quantitative estimate of drug-likeness (QED) is 0.205. The van der Waals surface area contributed by atoms with Gasteiger partial charge in [0, 0.05) is 19.9 Å². The molecule has 10 heteroatoms. The molecule has 2 atom stereocenters. The number of carboxylic acid groups (broad SMARTS) is 1. The van der Waals surface area contributed by atoms with E-state index in [1.165, 1.54) is 24.3 Å². The molecular weight excluding hydrogens is 391 g/mol. The fourth-order valence-corrected chi connectivity index (χ4v) is 1.67. The van der Waals surface area contributed by atoms with Crippen molar-refractivity contribution in [2.24, 2.45) is 0 Å². The van der Waals surface area contributed by atoms with Gasteiger partial charge >= 0.3 is 5.97 Å². The first-order valence-electron chi connectivity index (χ1n) is 6.87. The predicted octanol–water partition coefficient (Wildman–Crippen LogP) is 2.05. The molecule has 0 radical (unpaired) electrons. The van der Waals surface area contributed by atoms with Crippen molar-refractivity contribution in [1.29, 1.82) is 0 Å². The number of halogens is 2. The van der Waals surface area contributed by atoms with Crippen LogP contribution in [0.2, 0.25) is 0 Å². The number of aromatic hydroxyl groups is 2. The van der Waals surface area contributed by atoms with Gasteiger partial charge in [-0.1, -0.05) is 23.2 Å². The van der Waals surface area contributed by atoms with Crippen LogP contribution >= 0.6 is 23.2 Å². The third kappa shape index (κ3) is 10.6. The molecule has 1 aliphatic rings. The number of aliphatic hydroxyl groups is 2. The monoisotopic (exact) mass is 408 g/mol. The number of aliphatic carboxylic acids is 1. The molecule has 1 aliphatic carbocycles. The highest BCUT2D eigenvalue weighted by molar-refractivity contribution is 6.28. The van der Waals surface area contributed by atoms with Gasteiger partial charge in [-0.15, -0.1) is 0 Å². The summed E-state index contributed by atoms with van der Waals surface area (Å²) < 4.78 is 4.59. The number of phenols is 2. The number of benzene rings is 1. The van der Waals surface area contributed by atoms with Gasteiger partial charge in [-0.3, -0.25) is 9.59 Å². The summed E-state index contributed by atoms with van der Waals surface area (Å²) in [6.07, 6.45) is 3.05. The van der Waals surface area contributed by atoms with Gasteiger partial charge in [-0.05, 0) is 36.4 Å². The minimum atomic E-state index is -1.95. The fraction of sp³-hybridized carbons (Fsp3) is 0.250. The maximum Gasteiger partial charge on any atom is 0.307 e. The number of carbonyl (C=O) groups is 2. The van der Waals surface area contributed by atoms with E-state index in [2.05, 4.69) is 4.74 Å². The van der Waals surface area contributed by atoms with Gasteiger partial charge in [0.05, 0.1) is 0 Å². The average Bonchev–Trinajstić information content (AvgIpc) is 2.46. The molecule has 0 saturated carbocycles. The van der Waals surface area contributed by atoms with Crippen LogP contribution in [0.15, 0.2) is 48.3 Å². The lowest BCUT2D eigenvalue weighted by atomic mass is 10.1. The molecule has 2 unspecified atom stereocenters. The third-order valence-corrected chi connectivity index (χ3v) is 2.87. The number of carbonyl (C=O) groups excluding carboxylic acids is 1. The van der Waals surface area contributed by atoms with Crippen LogP contribution in [0, 0.1) is 0 Å². The second kappa shape index (κ2) is 10.0. The Kier molecular flexibility index (Phi) is 9.16. The first kappa shape index (κ1) is 23.7. The number of hydrogen-bond donors (Lipinski definition) is 5. The van der Waals surface area contributed by atoms with E-state index in [9.17, 15) is 15.0 Å². The van der Waals surface area contributed by atoms with Crippen molar-refractivity contribution in [2.75, 3.05) is 0 Å². The van der Waals surface area contributed by atoms with Gasteiger partial charge in [-0.2, -0.15) is 0 Å². The van der Waals surface area contributed by atoms with Crippen molar-refractivity contribution < 1.29 is 39.9 Å². The van der Waals surface area contributed by atoms with Crippen LogP contribution in [0.5, 0.6) is 11.5 Å². The summed E-state index contributed by atoms with van der Waals surface area (Å²) in [7, 11) is 0. The predicted molar refractivity (Wildman–Crippen MR) is 93.7 cm³/mol. The number of alkyl halides is 2. The van der Waals surface area contributed by atoms with E-state index in [0.29, 0.717) is 0 Å².